The van der Waals surface area contributed by atoms with Crippen LogP contribution in [0.25, 0.3) is 22.2 Å². The number of sulfonamides is 1. The first-order valence-corrected chi connectivity index (χ1v) is 9.93. The average molecular weight is 415 g/mol. The van der Waals surface area contributed by atoms with Crippen LogP contribution in [0.3, 0.4) is 0 Å². The van der Waals surface area contributed by atoms with Gasteiger partial charge < -0.3 is 0 Å². The van der Waals surface area contributed by atoms with E-state index in [9.17, 15) is 12.8 Å². The van der Waals surface area contributed by atoms with E-state index in [4.69, 9.17) is 11.6 Å². The maximum absolute atomic E-state index is 13.1. The summed E-state index contributed by atoms with van der Waals surface area (Å²) in [6.07, 6.45) is 4.73. The molecule has 0 spiro atoms. The highest BCUT2D eigenvalue weighted by Crippen LogP contribution is 2.29. The van der Waals surface area contributed by atoms with E-state index in [1.54, 1.807) is 18.5 Å². The lowest BCUT2D eigenvalue weighted by atomic mass is 10.1. The number of nitrogens with one attached hydrogen (secondary N) is 1. The fraction of sp³-hybridized carbons (Fsp3) is 0. The van der Waals surface area contributed by atoms with Gasteiger partial charge in [0.05, 0.1) is 21.6 Å². The smallest absolute Gasteiger partial charge is 0.261 e. The van der Waals surface area contributed by atoms with Gasteiger partial charge in [0.25, 0.3) is 10.0 Å². The van der Waals surface area contributed by atoms with E-state index in [-0.39, 0.29) is 15.7 Å². The standard InChI is InChI=1S/C19H12ClFN4O2S/c20-19-18(25-28(26,27)15-4-2-14(21)3-5-15)10-13(11-24-19)12-1-6-16-17(9-12)23-8-7-22-16/h1-11,25H. The van der Waals surface area contributed by atoms with Crippen LogP contribution in [-0.4, -0.2) is 23.4 Å². The molecular weight excluding hydrogens is 403 g/mol. The molecule has 0 amide bonds. The van der Waals surface area contributed by atoms with Crippen molar-refractivity contribution in [2.45, 2.75) is 4.90 Å². The van der Waals surface area contributed by atoms with E-state index in [1.807, 2.05) is 18.2 Å². The van der Waals surface area contributed by atoms with Crippen LogP contribution in [0.15, 0.2) is 72.0 Å². The van der Waals surface area contributed by atoms with Crippen LogP contribution in [0.2, 0.25) is 5.15 Å². The second-order valence-corrected chi connectivity index (χ2v) is 7.92. The van der Waals surface area contributed by atoms with Crippen molar-refractivity contribution < 1.29 is 12.8 Å². The van der Waals surface area contributed by atoms with Crippen LogP contribution in [0, 0.1) is 5.82 Å². The van der Waals surface area contributed by atoms with Crippen LogP contribution < -0.4 is 4.72 Å². The quantitative estimate of drug-likeness (QED) is 0.503. The summed E-state index contributed by atoms with van der Waals surface area (Å²) in [6.45, 7) is 0. The normalized spacial score (nSPS) is 11.5. The predicted molar refractivity (Wildman–Crippen MR) is 105 cm³/mol. The lowest BCUT2D eigenvalue weighted by Crippen LogP contribution is -2.13. The summed E-state index contributed by atoms with van der Waals surface area (Å²) in [4.78, 5) is 12.5. The van der Waals surface area contributed by atoms with Crippen LogP contribution >= 0.6 is 11.6 Å². The molecule has 9 heteroatoms. The summed E-state index contributed by atoms with van der Waals surface area (Å²) in [7, 11) is -3.95. The molecule has 2 aromatic carbocycles. The Morgan fingerprint density at radius 1 is 0.857 bits per heavy atom. The number of aromatic nitrogens is 3. The first kappa shape index (κ1) is 18.3. The Hall–Kier alpha value is -3.10. The Kier molecular flexibility index (Phi) is 4.66. The van der Waals surface area contributed by atoms with E-state index in [1.165, 1.54) is 18.3 Å². The molecule has 0 saturated carbocycles. The molecule has 0 atom stereocenters. The van der Waals surface area contributed by atoms with Crippen LogP contribution in [0.1, 0.15) is 0 Å². The maximum Gasteiger partial charge on any atom is 0.261 e. The van der Waals surface area contributed by atoms with Crippen molar-refractivity contribution >= 4 is 38.3 Å². The van der Waals surface area contributed by atoms with Gasteiger partial charge in [0.15, 0.2) is 5.15 Å². The molecule has 6 nitrogen and oxygen atoms in total. The fourth-order valence-electron chi connectivity index (χ4n) is 2.64. The van der Waals surface area contributed by atoms with E-state index < -0.39 is 15.8 Å². The van der Waals surface area contributed by atoms with Crippen molar-refractivity contribution in [3.63, 3.8) is 0 Å². The van der Waals surface area contributed by atoms with Crippen molar-refractivity contribution in [1.82, 2.24) is 15.0 Å². The molecule has 0 saturated heterocycles. The first-order valence-electron chi connectivity index (χ1n) is 8.07. The number of hydrogen-bond acceptors (Lipinski definition) is 5. The molecule has 4 rings (SSSR count). The lowest BCUT2D eigenvalue weighted by molar-refractivity contribution is 0.599. The Bertz CT molecular complexity index is 1280. The van der Waals surface area contributed by atoms with Gasteiger partial charge in [0, 0.05) is 24.2 Å². The molecule has 0 bridgehead atoms. The second kappa shape index (κ2) is 7.14. The maximum atomic E-state index is 13.1. The van der Waals surface area contributed by atoms with Crippen LogP contribution in [-0.2, 0) is 10.0 Å². The number of pyridine rings is 1. The highest BCUT2D eigenvalue weighted by atomic mass is 35.5. The third-order valence-corrected chi connectivity index (χ3v) is 5.69. The fourth-order valence-corrected chi connectivity index (χ4v) is 3.90. The highest BCUT2D eigenvalue weighted by molar-refractivity contribution is 7.92. The van der Waals surface area contributed by atoms with Gasteiger partial charge in [-0.15, -0.1) is 0 Å². The number of nitrogens with zero attached hydrogens (tertiary/aromatic N) is 3. The molecule has 0 fully saturated rings. The number of fused-ring (bicyclic) bond motifs is 1. The van der Waals surface area contributed by atoms with Crippen LogP contribution in [0.5, 0.6) is 0 Å². The summed E-state index contributed by atoms with van der Waals surface area (Å²) < 4.78 is 40.6. The second-order valence-electron chi connectivity index (χ2n) is 5.88. The topological polar surface area (TPSA) is 84.8 Å². The van der Waals surface area contributed by atoms with E-state index in [0.717, 1.165) is 23.2 Å². The van der Waals surface area contributed by atoms with Gasteiger partial charge in [0.2, 0.25) is 0 Å². The molecule has 1 N–H and O–H groups in total. The van der Waals surface area contributed by atoms with Gasteiger partial charge >= 0.3 is 0 Å². The molecule has 4 aromatic rings. The molecule has 2 heterocycles. The summed E-state index contributed by atoms with van der Waals surface area (Å²) in [5, 5.41) is -0.00461. The van der Waals surface area contributed by atoms with Gasteiger partial charge in [0.1, 0.15) is 5.82 Å². The Morgan fingerprint density at radius 2 is 1.57 bits per heavy atom. The zero-order valence-corrected chi connectivity index (χ0v) is 15.7. The number of halogens is 2. The number of benzene rings is 2. The number of anilines is 1. The molecule has 28 heavy (non-hydrogen) atoms. The number of hydrogen-bond donors (Lipinski definition) is 1. The van der Waals surface area contributed by atoms with Crippen LogP contribution in [0.4, 0.5) is 10.1 Å². The molecule has 0 radical (unpaired) electrons. The molecule has 0 aliphatic carbocycles. The molecule has 0 aliphatic heterocycles. The van der Waals surface area contributed by atoms with Crippen molar-refractivity contribution in [3.05, 3.63) is 78.1 Å². The van der Waals surface area contributed by atoms with Gasteiger partial charge in [-0.2, -0.15) is 0 Å². The lowest BCUT2D eigenvalue weighted by Gasteiger charge is -2.11. The Morgan fingerprint density at radius 3 is 2.32 bits per heavy atom. The minimum atomic E-state index is -3.95. The molecule has 0 aliphatic rings. The third kappa shape index (κ3) is 3.64. The zero-order chi connectivity index (χ0) is 19.7. The molecule has 2 aromatic heterocycles. The average Bonchev–Trinajstić information content (AvgIpc) is 2.69. The van der Waals surface area contributed by atoms with Crippen molar-refractivity contribution in [2.75, 3.05) is 4.72 Å². The Labute approximate surface area is 165 Å². The van der Waals surface area contributed by atoms with Gasteiger partial charge in [-0.05, 0) is 48.0 Å². The Balaban J connectivity index is 1.71. The summed E-state index contributed by atoms with van der Waals surface area (Å²) in [6, 6.07) is 11.5. The van der Waals surface area contributed by atoms with Gasteiger partial charge in [-0.1, -0.05) is 17.7 Å². The highest BCUT2D eigenvalue weighted by Gasteiger charge is 2.17. The molecule has 140 valence electrons. The van der Waals surface area contributed by atoms with Gasteiger partial charge in [-0.25, -0.2) is 17.8 Å². The molecule has 0 unspecified atom stereocenters. The summed E-state index contributed by atoms with van der Waals surface area (Å²) >= 11 is 6.08. The first-order chi connectivity index (χ1) is 13.4. The minimum absolute atomic E-state index is 0.00461. The monoisotopic (exact) mass is 414 g/mol. The zero-order valence-electron chi connectivity index (χ0n) is 14.2. The van der Waals surface area contributed by atoms with E-state index >= 15 is 0 Å². The van der Waals surface area contributed by atoms with Crippen molar-refractivity contribution in [2.24, 2.45) is 0 Å². The van der Waals surface area contributed by atoms with E-state index in [0.29, 0.717) is 11.1 Å². The largest absolute Gasteiger partial charge is 0.276 e. The summed E-state index contributed by atoms with van der Waals surface area (Å²) in [5.74, 6) is -0.528. The van der Waals surface area contributed by atoms with Gasteiger partial charge in [-0.3, -0.25) is 14.7 Å². The number of rotatable bonds is 4. The third-order valence-electron chi connectivity index (χ3n) is 4.01. The van der Waals surface area contributed by atoms with E-state index in [2.05, 4.69) is 19.7 Å². The SMILES string of the molecule is O=S(=O)(Nc1cc(-c2ccc3nccnc3c2)cnc1Cl)c1ccc(F)cc1. The molecular formula is C19H12ClFN4O2S. The summed E-state index contributed by atoms with van der Waals surface area (Å²) in [5.41, 5.74) is 2.98. The van der Waals surface area contributed by atoms with Crippen molar-refractivity contribution in [3.8, 4) is 11.1 Å². The predicted octanol–water partition coefficient (Wildman–Crippen LogP) is 4.29. The minimum Gasteiger partial charge on any atom is -0.276 e. The van der Waals surface area contributed by atoms with Crippen molar-refractivity contribution in [1.29, 1.82) is 0 Å².